The van der Waals surface area contributed by atoms with Gasteiger partial charge in [-0.25, -0.2) is 0 Å². The summed E-state index contributed by atoms with van der Waals surface area (Å²) in [5.41, 5.74) is 1.23. The van der Waals surface area contributed by atoms with Crippen molar-refractivity contribution < 1.29 is 0 Å². The van der Waals surface area contributed by atoms with Gasteiger partial charge in [0.1, 0.15) is 0 Å². The zero-order chi connectivity index (χ0) is 14.9. The van der Waals surface area contributed by atoms with Crippen LogP contribution in [0.4, 0.5) is 0 Å². The summed E-state index contributed by atoms with van der Waals surface area (Å²) in [7, 11) is 4.34. The zero-order valence-corrected chi connectivity index (χ0v) is 13.4. The number of nitrogens with zero attached hydrogens (tertiary/aromatic N) is 4. The molecule has 1 N–H and O–H groups in total. The predicted octanol–water partition coefficient (Wildman–Crippen LogP) is 2.88. The van der Waals surface area contributed by atoms with E-state index in [9.17, 15) is 0 Å². The third-order valence-corrected chi connectivity index (χ3v) is 4.94. The molecule has 1 aliphatic rings. The lowest BCUT2D eigenvalue weighted by atomic mass is 9.96. The number of nitrogens with one attached hydrogen (secondary N) is 1. The van der Waals surface area contributed by atoms with E-state index in [0.717, 1.165) is 17.9 Å². The van der Waals surface area contributed by atoms with Crippen LogP contribution in [-0.2, 0) is 6.54 Å². The average molecular weight is 303 g/mol. The molecule has 2 aromatic rings. The van der Waals surface area contributed by atoms with Crippen LogP contribution in [0.25, 0.3) is 11.4 Å². The number of aromatic amines is 1. The smallest absolute Gasteiger partial charge is 0.195 e. The van der Waals surface area contributed by atoms with Crippen molar-refractivity contribution >= 4 is 12.2 Å². The van der Waals surface area contributed by atoms with E-state index in [1.54, 1.807) is 12.4 Å². The Bertz CT molecular complexity index is 652. The molecule has 0 radical (unpaired) electrons. The standard InChI is InChI=1S/C15H21N5S/c1-19(2)15(7-3-4-8-15)11-20-13(17-18-14(20)21)12-5-9-16-10-6-12/h5-6,9-10H,3-4,7-8,11H2,1-2H3,(H,18,21). The minimum Gasteiger partial charge on any atom is -0.302 e. The molecule has 0 amide bonds. The SMILES string of the molecule is CN(C)C1(Cn2c(-c3ccncc3)n[nH]c2=S)CCCC1. The molecule has 0 unspecified atom stereocenters. The number of likely N-dealkylation sites (N-methyl/N-ethyl adjacent to an activating group) is 1. The first kappa shape index (κ1) is 14.4. The monoisotopic (exact) mass is 303 g/mol. The van der Waals surface area contributed by atoms with Gasteiger partial charge in [0.15, 0.2) is 10.6 Å². The van der Waals surface area contributed by atoms with E-state index in [1.807, 2.05) is 12.1 Å². The molecule has 0 saturated heterocycles. The summed E-state index contributed by atoms with van der Waals surface area (Å²) in [4.78, 5) is 6.42. The molecule has 5 nitrogen and oxygen atoms in total. The van der Waals surface area contributed by atoms with Crippen LogP contribution in [0.1, 0.15) is 25.7 Å². The number of H-pyrrole nitrogens is 1. The van der Waals surface area contributed by atoms with E-state index in [-0.39, 0.29) is 5.54 Å². The maximum atomic E-state index is 5.45. The van der Waals surface area contributed by atoms with E-state index in [0.29, 0.717) is 4.77 Å². The van der Waals surface area contributed by atoms with Crippen LogP contribution in [0, 0.1) is 4.77 Å². The predicted molar refractivity (Wildman–Crippen MR) is 85.5 cm³/mol. The molecule has 0 aromatic carbocycles. The lowest BCUT2D eigenvalue weighted by Crippen LogP contribution is -2.45. The molecule has 1 aliphatic carbocycles. The minimum atomic E-state index is 0.184. The third-order valence-electron chi connectivity index (χ3n) is 4.63. The maximum absolute atomic E-state index is 5.45. The molecule has 0 bridgehead atoms. The number of rotatable bonds is 4. The number of hydrogen-bond acceptors (Lipinski definition) is 4. The first-order valence-electron chi connectivity index (χ1n) is 7.35. The van der Waals surface area contributed by atoms with Gasteiger partial charge >= 0.3 is 0 Å². The summed E-state index contributed by atoms with van der Waals surface area (Å²) in [5.74, 6) is 0.899. The summed E-state index contributed by atoms with van der Waals surface area (Å²) in [5, 5.41) is 7.36. The Morgan fingerprint density at radius 1 is 1.29 bits per heavy atom. The Kier molecular flexibility index (Phi) is 3.91. The van der Waals surface area contributed by atoms with Crippen molar-refractivity contribution in [1.82, 2.24) is 24.6 Å². The van der Waals surface area contributed by atoms with E-state index >= 15 is 0 Å². The second-order valence-corrected chi connectivity index (χ2v) is 6.39. The number of aromatic nitrogens is 4. The second kappa shape index (κ2) is 5.69. The number of hydrogen-bond donors (Lipinski definition) is 1. The maximum Gasteiger partial charge on any atom is 0.195 e. The summed E-state index contributed by atoms with van der Waals surface area (Å²) in [6, 6.07) is 3.94. The van der Waals surface area contributed by atoms with Gasteiger partial charge in [-0.15, -0.1) is 0 Å². The van der Waals surface area contributed by atoms with Crippen LogP contribution in [0.2, 0.25) is 0 Å². The molecule has 0 aliphatic heterocycles. The Labute approximate surface area is 130 Å². The van der Waals surface area contributed by atoms with Crippen LogP contribution in [0.5, 0.6) is 0 Å². The molecule has 1 saturated carbocycles. The summed E-state index contributed by atoms with van der Waals surface area (Å²) in [6.07, 6.45) is 8.57. The normalized spacial score (nSPS) is 17.5. The Hall–Kier alpha value is -1.53. The molecular formula is C15H21N5S. The van der Waals surface area contributed by atoms with Gasteiger partial charge in [0.25, 0.3) is 0 Å². The largest absolute Gasteiger partial charge is 0.302 e. The average Bonchev–Trinajstić information content (AvgIpc) is 3.10. The lowest BCUT2D eigenvalue weighted by Gasteiger charge is -2.36. The van der Waals surface area contributed by atoms with E-state index < -0.39 is 0 Å². The Balaban J connectivity index is 2.00. The third kappa shape index (κ3) is 2.65. The highest BCUT2D eigenvalue weighted by Crippen LogP contribution is 2.36. The highest BCUT2D eigenvalue weighted by atomic mass is 32.1. The van der Waals surface area contributed by atoms with Gasteiger partial charge in [-0.05, 0) is 51.3 Å². The van der Waals surface area contributed by atoms with Gasteiger partial charge in [0.05, 0.1) is 0 Å². The highest BCUT2D eigenvalue weighted by molar-refractivity contribution is 7.71. The van der Waals surface area contributed by atoms with Crippen molar-refractivity contribution in [3.05, 3.63) is 29.3 Å². The Morgan fingerprint density at radius 3 is 2.57 bits per heavy atom. The van der Waals surface area contributed by atoms with Crippen molar-refractivity contribution in [2.45, 2.75) is 37.8 Å². The van der Waals surface area contributed by atoms with Gasteiger partial charge in [0.2, 0.25) is 0 Å². The molecule has 112 valence electrons. The molecule has 2 heterocycles. The first-order chi connectivity index (χ1) is 10.1. The van der Waals surface area contributed by atoms with Crippen molar-refractivity contribution in [2.24, 2.45) is 0 Å². The van der Waals surface area contributed by atoms with Crippen molar-refractivity contribution in [1.29, 1.82) is 0 Å². The van der Waals surface area contributed by atoms with Crippen molar-refractivity contribution in [3.63, 3.8) is 0 Å². The van der Waals surface area contributed by atoms with Crippen LogP contribution in [0.3, 0.4) is 0 Å². The van der Waals surface area contributed by atoms with E-state index in [4.69, 9.17) is 12.2 Å². The van der Waals surface area contributed by atoms with Crippen LogP contribution in [0.15, 0.2) is 24.5 Å². The fourth-order valence-electron chi connectivity index (χ4n) is 3.26. The molecule has 2 aromatic heterocycles. The summed E-state index contributed by atoms with van der Waals surface area (Å²) >= 11 is 5.45. The second-order valence-electron chi connectivity index (χ2n) is 6.00. The van der Waals surface area contributed by atoms with E-state index in [1.165, 1.54) is 25.7 Å². The molecule has 6 heteroatoms. The van der Waals surface area contributed by atoms with Crippen LogP contribution >= 0.6 is 12.2 Å². The van der Waals surface area contributed by atoms with Gasteiger partial charge < -0.3 is 4.90 Å². The molecule has 0 spiro atoms. The van der Waals surface area contributed by atoms with Gasteiger partial charge in [-0.3, -0.25) is 14.6 Å². The summed E-state index contributed by atoms with van der Waals surface area (Å²) < 4.78 is 2.82. The molecule has 0 atom stereocenters. The minimum absolute atomic E-state index is 0.184. The number of pyridine rings is 1. The molecule has 1 fully saturated rings. The van der Waals surface area contributed by atoms with Gasteiger partial charge in [-0.1, -0.05) is 12.8 Å². The van der Waals surface area contributed by atoms with Gasteiger partial charge in [-0.2, -0.15) is 5.10 Å². The highest BCUT2D eigenvalue weighted by Gasteiger charge is 2.37. The van der Waals surface area contributed by atoms with Gasteiger partial charge in [0, 0.05) is 30.0 Å². The fraction of sp³-hybridized carbons (Fsp3) is 0.533. The Morgan fingerprint density at radius 2 is 1.95 bits per heavy atom. The van der Waals surface area contributed by atoms with Crippen LogP contribution < -0.4 is 0 Å². The lowest BCUT2D eigenvalue weighted by molar-refractivity contribution is 0.134. The molecule has 21 heavy (non-hydrogen) atoms. The molecular weight excluding hydrogens is 282 g/mol. The first-order valence-corrected chi connectivity index (χ1v) is 7.76. The quantitative estimate of drug-likeness (QED) is 0.882. The van der Waals surface area contributed by atoms with E-state index in [2.05, 4.69) is 38.7 Å². The van der Waals surface area contributed by atoms with Crippen molar-refractivity contribution in [3.8, 4) is 11.4 Å². The summed E-state index contributed by atoms with van der Waals surface area (Å²) in [6.45, 7) is 0.882. The van der Waals surface area contributed by atoms with Crippen molar-refractivity contribution in [2.75, 3.05) is 14.1 Å². The van der Waals surface area contributed by atoms with Crippen LogP contribution in [-0.4, -0.2) is 44.3 Å². The topological polar surface area (TPSA) is 49.7 Å². The fourth-order valence-corrected chi connectivity index (χ4v) is 3.46. The molecule has 3 rings (SSSR count). The zero-order valence-electron chi connectivity index (χ0n) is 12.5.